The standard InChI is InChI=1S/C21H22N6O5S/c1-13-4-7-15(27(30)31)10-17(13)23-20(29)12-33-21-25-24-18(26(21)2)11-19(28)22-14-5-8-16(32-3)9-6-14/h4-10H,11-12H2,1-3H3,(H,22,28)(H,23,29). The van der Waals surface area contributed by atoms with Gasteiger partial charge < -0.3 is 19.9 Å². The zero-order valence-electron chi connectivity index (χ0n) is 18.2. The van der Waals surface area contributed by atoms with Crippen molar-refractivity contribution >= 4 is 40.6 Å². The number of nitro groups is 1. The first-order valence-electron chi connectivity index (χ1n) is 9.76. The van der Waals surface area contributed by atoms with Crippen molar-refractivity contribution < 1.29 is 19.2 Å². The number of hydrogen-bond acceptors (Lipinski definition) is 8. The number of anilines is 2. The third-order valence-electron chi connectivity index (χ3n) is 4.66. The molecule has 0 bridgehead atoms. The molecule has 12 heteroatoms. The number of aryl methyl sites for hydroxylation is 1. The lowest BCUT2D eigenvalue weighted by Crippen LogP contribution is -2.17. The van der Waals surface area contributed by atoms with Gasteiger partial charge in [-0.2, -0.15) is 0 Å². The third kappa shape index (κ3) is 6.29. The van der Waals surface area contributed by atoms with Crippen LogP contribution in [0.1, 0.15) is 11.4 Å². The van der Waals surface area contributed by atoms with Crippen LogP contribution < -0.4 is 15.4 Å². The van der Waals surface area contributed by atoms with Crippen LogP contribution in [0.25, 0.3) is 0 Å². The van der Waals surface area contributed by atoms with E-state index in [1.165, 1.54) is 12.1 Å². The van der Waals surface area contributed by atoms with Crippen molar-refractivity contribution in [2.24, 2.45) is 7.05 Å². The highest BCUT2D eigenvalue weighted by atomic mass is 32.2. The molecule has 2 amide bonds. The number of aromatic nitrogens is 3. The third-order valence-corrected chi connectivity index (χ3v) is 5.68. The molecule has 0 aliphatic heterocycles. The molecule has 11 nitrogen and oxygen atoms in total. The van der Waals surface area contributed by atoms with E-state index >= 15 is 0 Å². The van der Waals surface area contributed by atoms with Crippen molar-refractivity contribution in [1.82, 2.24) is 14.8 Å². The van der Waals surface area contributed by atoms with Crippen LogP contribution in [0.4, 0.5) is 17.1 Å². The number of non-ortho nitro benzene ring substituents is 1. The Bertz CT molecular complexity index is 1180. The summed E-state index contributed by atoms with van der Waals surface area (Å²) in [5.74, 6) is 0.550. The molecule has 1 heterocycles. The molecule has 3 aromatic rings. The van der Waals surface area contributed by atoms with Crippen LogP contribution in [-0.4, -0.2) is 44.4 Å². The highest BCUT2D eigenvalue weighted by Gasteiger charge is 2.16. The summed E-state index contributed by atoms with van der Waals surface area (Å²) in [7, 11) is 3.27. The van der Waals surface area contributed by atoms with Gasteiger partial charge in [0.2, 0.25) is 11.8 Å². The quantitative estimate of drug-likeness (QED) is 0.276. The number of amides is 2. The van der Waals surface area contributed by atoms with Gasteiger partial charge in [-0.1, -0.05) is 17.8 Å². The van der Waals surface area contributed by atoms with Crippen LogP contribution in [0.5, 0.6) is 5.75 Å². The maximum Gasteiger partial charge on any atom is 0.271 e. The van der Waals surface area contributed by atoms with Gasteiger partial charge in [0, 0.05) is 24.9 Å². The summed E-state index contributed by atoms with van der Waals surface area (Å²) in [4.78, 5) is 35.1. The van der Waals surface area contributed by atoms with Gasteiger partial charge in [-0.05, 0) is 36.8 Å². The lowest BCUT2D eigenvalue weighted by molar-refractivity contribution is -0.384. The van der Waals surface area contributed by atoms with Gasteiger partial charge in [0.25, 0.3) is 5.69 Å². The first kappa shape index (κ1) is 23.7. The van der Waals surface area contributed by atoms with Crippen molar-refractivity contribution in [3.8, 4) is 5.75 Å². The summed E-state index contributed by atoms with van der Waals surface area (Å²) in [6, 6.07) is 11.2. The second kappa shape index (κ2) is 10.6. The fraction of sp³-hybridized carbons (Fsp3) is 0.238. The number of nitrogens with zero attached hydrogens (tertiary/aromatic N) is 4. The number of methoxy groups -OCH3 is 1. The second-order valence-electron chi connectivity index (χ2n) is 7.00. The highest BCUT2D eigenvalue weighted by molar-refractivity contribution is 7.99. The minimum atomic E-state index is -0.518. The molecular weight excluding hydrogens is 448 g/mol. The van der Waals surface area contributed by atoms with Crippen LogP contribution in [0.2, 0.25) is 0 Å². The number of nitrogens with one attached hydrogen (secondary N) is 2. The van der Waals surface area contributed by atoms with Gasteiger partial charge in [0.15, 0.2) is 5.16 Å². The van der Waals surface area contributed by atoms with Crippen molar-refractivity contribution in [1.29, 1.82) is 0 Å². The Hall–Kier alpha value is -3.93. The second-order valence-corrected chi connectivity index (χ2v) is 7.95. The number of carbonyl (C=O) groups is 2. The Kier molecular flexibility index (Phi) is 7.61. The largest absolute Gasteiger partial charge is 0.497 e. The fourth-order valence-electron chi connectivity index (χ4n) is 2.82. The molecule has 172 valence electrons. The van der Waals surface area contributed by atoms with E-state index in [0.717, 1.165) is 11.8 Å². The minimum absolute atomic E-state index is 0.00909. The average Bonchev–Trinajstić information content (AvgIpc) is 3.13. The zero-order valence-corrected chi connectivity index (χ0v) is 19.0. The van der Waals surface area contributed by atoms with Gasteiger partial charge in [-0.15, -0.1) is 10.2 Å². The number of rotatable bonds is 9. The molecule has 0 spiro atoms. The van der Waals surface area contributed by atoms with Crippen LogP contribution in [0, 0.1) is 17.0 Å². The minimum Gasteiger partial charge on any atom is -0.497 e. The summed E-state index contributed by atoms with van der Waals surface area (Å²) in [6.07, 6.45) is 0.00909. The van der Waals surface area contributed by atoms with E-state index in [9.17, 15) is 19.7 Å². The number of ether oxygens (including phenoxy) is 1. The maximum atomic E-state index is 12.3. The monoisotopic (exact) mass is 470 g/mol. The summed E-state index contributed by atoms with van der Waals surface area (Å²) in [5.41, 5.74) is 1.62. The summed E-state index contributed by atoms with van der Waals surface area (Å²) < 4.78 is 6.73. The summed E-state index contributed by atoms with van der Waals surface area (Å²) in [5, 5.41) is 24.9. The average molecular weight is 471 g/mol. The predicted octanol–water partition coefficient (Wildman–Crippen LogP) is 2.95. The van der Waals surface area contributed by atoms with Gasteiger partial charge in [-0.3, -0.25) is 19.7 Å². The number of hydrogen-bond donors (Lipinski definition) is 2. The van der Waals surface area contributed by atoms with E-state index < -0.39 is 4.92 Å². The van der Waals surface area contributed by atoms with E-state index in [1.54, 1.807) is 56.0 Å². The van der Waals surface area contributed by atoms with Crippen LogP contribution in [0.15, 0.2) is 47.6 Å². The van der Waals surface area contributed by atoms with E-state index in [-0.39, 0.29) is 29.7 Å². The fourth-order valence-corrected chi connectivity index (χ4v) is 3.55. The Morgan fingerprint density at radius 2 is 1.85 bits per heavy atom. The molecule has 0 atom stereocenters. The predicted molar refractivity (Wildman–Crippen MR) is 124 cm³/mol. The highest BCUT2D eigenvalue weighted by Crippen LogP contribution is 2.23. The van der Waals surface area contributed by atoms with Crippen molar-refractivity contribution in [2.45, 2.75) is 18.5 Å². The molecule has 0 fully saturated rings. The van der Waals surface area contributed by atoms with E-state index in [0.29, 0.717) is 33.7 Å². The van der Waals surface area contributed by atoms with Crippen LogP contribution in [0.3, 0.4) is 0 Å². The number of nitro benzene ring substituents is 1. The van der Waals surface area contributed by atoms with Crippen molar-refractivity contribution in [2.75, 3.05) is 23.5 Å². The Morgan fingerprint density at radius 3 is 2.52 bits per heavy atom. The molecule has 0 aliphatic rings. The molecule has 0 saturated heterocycles. The molecular formula is C21H22N6O5S. The molecule has 0 unspecified atom stereocenters. The van der Waals surface area contributed by atoms with Crippen LogP contribution >= 0.6 is 11.8 Å². The van der Waals surface area contributed by atoms with E-state index in [2.05, 4.69) is 20.8 Å². The van der Waals surface area contributed by atoms with Gasteiger partial charge in [0.05, 0.1) is 29.9 Å². The van der Waals surface area contributed by atoms with Gasteiger partial charge in [-0.25, -0.2) is 0 Å². The van der Waals surface area contributed by atoms with Crippen molar-refractivity contribution in [3.05, 3.63) is 64.0 Å². The number of carbonyl (C=O) groups excluding carboxylic acids is 2. The van der Waals surface area contributed by atoms with E-state index in [4.69, 9.17) is 4.74 Å². The molecule has 3 rings (SSSR count). The molecule has 2 aromatic carbocycles. The van der Waals surface area contributed by atoms with Crippen LogP contribution in [-0.2, 0) is 23.1 Å². The molecule has 2 N–H and O–H groups in total. The number of benzene rings is 2. The molecule has 33 heavy (non-hydrogen) atoms. The normalized spacial score (nSPS) is 10.5. The molecule has 0 aliphatic carbocycles. The number of thioether (sulfide) groups is 1. The summed E-state index contributed by atoms with van der Waals surface area (Å²) >= 11 is 1.14. The molecule has 0 radical (unpaired) electrons. The zero-order chi connectivity index (χ0) is 24.0. The Morgan fingerprint density at radius 1 is 1.12 bits per heavy atom. The van der Waals surface area contributed by atoms with Gasteiger partial charge in [0.1, 0.15) is 11.6 Å². The first-order valence-corrected chi connectivity index (χ1v) is 10.7. The maximum absolute atomic E-state index is 12.3. The van der Waals surface area contributed by atoms with Crippen molar-refractivity contribution in [3.63, 3.8) is 0 Å². The lowest BCUT2D eigenvalue weighted by Gasteiger charge is -2.08. The molecule has 0 saturated carbocycles. The smallest absolute Gasteiger partial charge is 0.271 e. The Labute approximate surface area is 193 Å². The lowest BCUT2D eigenvalue weighted by atomic mass is 10.2. The van der Waals surface area contributed by atoms with E-state index in [1.807, 2.05) is 0 Å². The van der Waals surface area contributed by atoms with Gasteiger partial charge >= 0.3 is 0 Å². The SMILES string of the molecule is COc1ccc(NC(=O)Cc2nnc(SCC(=O)Nc3cc([N+](=O)[O-])ccc3C)n2C)cc1. The topological polar surface area (TPSA) is 141 Å². The molecule has 1 aromatic heterocycles. The first-order chi connectivity index (χ1) is 15.8. The Balaban J connectivity index is 1.55. The summed E-state index contributed by atoms with van der Waals surface area (Å²) in [6.45, 7) is 1.75.